The molecule has 0 N–H and O–H groups in total. The molecule has 1 aromatic rings. The first-order valence-electron chi connectivity index (χ1n) is 7.15. The van der Waals surface area contributed by atoms with E-state index in [1.54, 1.807) is 4.90 Å². The highest BCUT2D eigenvalue weighted by Gasteiger charge is 2.24. The van der Waals surface area contributed by atoms with E-state index in [4.69, 9.17) is 15.1 Å². The molecule has 5 nitrogen and oxygen atoms in total. The molecule has 1 rings (SSSR count). The second-order valence-corrected chi connectivity index (χ2v) is 7.50. The summed E-state index contributed by atoms with van der Waals surface area (Å²) in [5, 5.41) is 0. The van der Waals surface area contributed by atoms with Gasteiger partial charge in [-0.1, -0.05) is 26.7 Å². The summed E-state index contributed by atoms with van der Waals surface area (Å²) >= 11 is 0. The standard InChI is InChI=1S/C14H22ClNO4S/c1-4-6-8-16(9-7-5-2)14(17)12-10-13(11(3)20-12)21(15,18)19/h10H,4-9H2,1-3H3. The van der Waals surface area contributed by atoms with E-state index >= 15 is 0 Å². The van der Waals surface area contributed by atoms with Gasteiger partial charge in [0.2, 0.25) is 0 Å². The second kappa shape index (κ2) is 7.84. The number of amides is 1. The van der Waals surface area contributed by atoms with Crippen LogP contribution >= 0.6 is 10.7 Å². The number of unbranched alkanes of at least 4 members (excludes halogenated alkanes) is 2. The van der Waals surface area contributed by atoms with Crippen molar-refractivity contribution in [1.82, 2.24) is 4.90 Å². The third kappa shape index (κ3) is 5.04. The number of aryl methyl sites for hydroxylation is 1. The highest BCUT2D eigenvalue weighted by atomic mass is 35.7. The van der Waals surface area contributed by atoms with Gasteiger partial charge in [0.1, 0.15) is 10.7 Å². The van der Waals surface area contributed by atoms with Gasteiger partial charge in [-0.3, -0.25) is 4.79 Å². The maximum atomic E-state index is 12.4. The van der Waals surface area contributed by atoms with Crippen molar-refractivity contribution in [2.24, 2.45) is 0 Å². The Bertz CT molecular complexity index is 572. The van der Waals surface area contributed by atoms with Gasteiger partial charge in [0.25, 0.3) is 15.0 Å². The summed E-state index contributed by atoms with van der Waals surface area (Å²) < 4.78 is 28.1. The van der Waals surface area contributed by atoms with Crippen molar-refractivity contribution in [1.29, 1.82) is 0 Å². The van der Waals surface area contributed by atoms with E-state index in [1.807, 2.05) is 0 Å². The lowest BCUT2D eigenvalue weighted by Gasteiger charge is -2.21. The molecule has 0 saturated carbocycles. The van der Waals surface area contributed by atoms with E-state index in [1.165, 1.54) is 13.0 Å². The van der Waals surface area contributed by atoms with Crippen molar-refractivity contribution in [3.63, 3.8) is 0 Å². The molecule has 0 saturated heterocycles. The van der Waals surface area contributed by atoms with Crippen LogP contribution in [-0.2, 0) is 9.05 Å². The van der Waals surface area contributed by atoms with Crippen molar-refractivity contribution in [3.8, 4) is 0 Å². The van der Waals surface area contributed by atoms with Crippen molar-refractivity contribution < 1.29 is 17.6 Å². The molecular weight excluding hydrogens is 314 g/mol. The monoisotopic (exact) mass is 335 g/mol. The van der Waals surface area contributed by atoms with E-state index in [0.717, 1.165) is 25.7 Å². The van der Waals surface area contributed by atoms with Gasteiger partial charge in [-0.25, -0.2) is 8.42 Å². The van der Waals surface area contributed by atoms with Crippen LogP contribution in [0.15, 0.2) is 15.4 Å². The van der Waals surface area contributed by atoms with E-state index in [9.17, 15) is 13.2 Å². The molecule has 1 heterocycles. The van der Waals surface area contributed by atoms with Crippen molar-refractivity contribution in [2.75, 3.05) is 13.1 Å². The van der Waals surface area contributed by atoms with Crippen LogP contribution in [0.3, 0.4) is 0 Å². The summed E-state index contributed by atoms with van der Waals surface area (Å²) in [7, 11) is 1.42. The average molecular weight is 336 g/mol. The fraction of sp³-hybridized carbons (Fsp3) is 0.643. The minimum Gasteiger partial charge on any atom is -0.455 e. The van der Waals surface area contributed by atoms with Crippen molar-refractivity contribution in [2.45, 2.75) is 51.3 Å². The highest BCUT2D eigenvalue weighted by molar-refractivity contribution is 8.13. The Balaban J connectivity index is 2.98. The van der Waals surface area contributed by atoms with Gasteiger partial charge in [0.15, 0.2) is 5.76 Å². The number of furan rings is 1. The van der Waals surface area contributed by atoms with E-state index in [0.29, 0.717) is 13.1 Å². The molecule has 7 heteroatoms. The van der Waals surface area contributed by atoms with Gasteiger partial charge in [-0.05, 0) is 19.8 Å². The average Bonchev–Trinajstić information content (AvgIpc) is 2.80. The van der Waals surface area contributed by atoms with E-state index < -0.39 is 9.05 Å². The zero-order valence-corrected chi connectivity index (χ0v) is 14.3. The van der Waals surface area contributed by atoms with Crippen molar-refractivity contribution in [3.05, 3.63) is 17.6 Å². The lowest BCUT2D eigenvalue weighted by molar-refractivity contribution is 0.0717. The topological polar surface area (TPSA) is 67.6 Å². The molecule has 0 spiro atoms. The van der Waals surface area contributed by atoms with Crippen LogP contribution in [0, 0.1) is 6.92 Å². The van der Waals surface area contributed by atoms with Gasteiger partial charge >= 0.3 is 0 Å². The van der Waals surface area contributed by atoms with E-state index in [-0.39, 0.29) is 22.3 Å². The Kier molecular flexibility index (Phi) is 6.74. The summed E-state index contributed by atoms with van der Waals surface area (Å²) in [6.45, 7) is 6.86. The van der Waals surface area contributed by atoms with Gasteiger partial charge in [0, 0.05) is 29.8 Å². The molecular formula is C14H22ClNO4S. The molecule has 0 aliphatic heterocycles. The molecule has 0 aromatic carbocycles. The molecule has 21 heavy (non-hydrogen) atoms. The zero-order valence-electron chi connectivity index (χ0n) is 12.7. The lowest BCUT2D eigenvalue weighted by Crippen LogP contribution is -2.32. The first-order chi connectivity index (χ1) is 9.81. The summed E-state index contributed by atoms with van der Waals surface area (Å²) in [5.74, 6) is -0.121. The Morgan fingerprint density at radius 3 is 2.14 bits per heavy atom. The smallest absolute Gasteiger partial charge is 0.289 e. The second-order valence-electron chi connectivity index (χ2n) is 4.97. The molecule has 1 aromatic heterocycles. The quantitative estimate of drug-likeness (QED) is 0.681. The summed E-state index contributed by atoms with van der Waals surface area (Å²) in [5.41, 5.74) is 0. The largest absolute Gasteiger partial charge is 0.455 e. The third-order valence-electron chi connectivity index (χ3n) is 3.20. The first kappa shape index (κ1) is 18.0. The number of rotatable bonds is 8. The third-order valence-corrected chi connectivity index (χ3v) is 4.63. The minimum absolute atomic E-state index is 0.0268. The van der Waals surface area contributed by atoms with Crippen LogP contribution in [-0.4, -0.2) is 32.3 Å². The molecule has 0 unspecified atom stereocenters. The molecule has 0 bridgehead atoms. The fourth-order valence-electron chi connectivity index (χ4n) is 1.98. The molecule has 1 amide bonds. The highest BCUT2D eigenvalue weighted by Crippen LogP contribution is 2.24. The van der Waals surface area contributed by atoms with Gasteiger partial charge in [-0.15, -0.1) is 0 Å². The summed E-state index contributed by atoms with van der Waals surface area (Å²) in [6.07, 6.45) is 3.76. The first-order valence-corrected chi connectivity index (χ1v) is 9.46. The predicted octanol–water partition coefficient (Wildman–Crippen LogP) is 3.56. The number of nitrogens with zero attached hydrogens (tertiary/aromatic N) is 1. The van der Waals surface area contributed by atoms with Crippen LogP contribution in [0.25, 0.3) is 0 Å². The Morgan fingerprint density at radius 1 is 1.24 bits per heavy atom. The SMILES string of the molecule is CCCCN(CCCC)C(=O)c1cc(S(=O)(=O)Cl)c(C)o1. The number of halogens is 1. The Hall–Kier alpha value is -1.01. The lowest BCUT2D eigenvalue weighted by atomic mass is 10.2. The number of hydrogen-bond acceptors (Lipinski definition) is 4. The van der Waals surface area contributed by atoms with Gasteiger partial charge in [0.05, 0.1) is 0 Å². The number of hydrogen-bond donors (Lipinski definition) is 0. The van der Waals surface area contributed by atoms with Crippen LogP contribution in [0.1, 0.15) is 55.8 Å². The van der Waals surface area contributed by atoms with Crippen LogP contribution < -0.4 is 0 Å². The molecule has 0 radical (unpaired) electrons. The van der Waals surface area contributed by atoms with Gasteiger partial charge in [-0.2, -0.15) is 0 Å². The maximum Gasteiger partial charge on any atom is 0.289 e. The number of carbonyl (C=O) groups excluding carboxylic acids is 1. The molecule has 0 aliphatic carbocycles. The normalized spacial score (nSPS) is 11.6. The maximum absolute atomic E-state index is 12.4. The van der Waals surface area contributed by atoms with Gasteiger partial charge < -0.3 is 9.32 Å². The molecule has 120 valence electrons. The molecule has 0 aliphatic rings. The van der Waals surface area contributed by atoms with Crippen LogP contribution in [0.2, 0.25) is 0 Å². The molecule has 0 fully saturated rings. The number of carbonyl (C=O) groups is 1. The summed E-state index contributed by atoms with van der Waals surface area (Å²) in [4.78, 5) is 14.0. The summed E-state index contributed by atoms with van der Waals surface area (Å²) in [6, 6.07) is 1.21. The van der Waals surface area contributed by atoms with E-state index in [2.05, 4.69) is 13.8 Å². The van der Waals surface area contributed by atoms with Crippen molar-refractivity contribution >= 4 is 25.6 Å². The Labute approximate surface area is 130 Å². The minimum atomic E-state index is -3.90. The Morgan fingerprint density at radius 2 is 1.76 bits per heavy atom. The predicted molar refractivity (Wildman–Crippen MR) is 82.2 cm³/mol. The van der Waals surface area contributed by atoms with Crippen LogP contribution in [0.5, 0.6) is 0 Å². The fourth-order valence-corrected chi connectivity index (χ4v) is 3.07. The van der Waals surface area contributed by atoms with Crippen LogP contribution in [0.4, 0.5) is 0 Å². The molecule has 0 atom stereocenters. The zero-order chi connectivity index (χ0) is 16.0.